The Balaban J connectivity index is 1.95. The maximum Gasteiger partial charge on any atom is 0.149 e. The fraction of sp³-hybridized carbons (Fsp3) is 0.857. The Morgan fingerprint density at radius 3 is 2.89 bits per heavy atom. The van der Waals surface area contributed by atoms with Gasteiger partial charge >= 0.3 is 0 Å². The number of methoxy groups -OCH3 is 1. The molecule has 1 aliphatic rings. The molecule has 1 aliphatic heterocycles. The summed E-state index contributed by atoms with van der Waals surface area (Å²) in [4.78, 5) is 0. The molecular formula is C14H26N4O. The maximum absolute atomic E-state index is 5.16. The number of ether oxygens (including phenoxy) is 1. The molecule has 0 bridgehead atoms. The average molecular weight is 266 g/mol. The van der Waals surface area contributed by atoms with Gasteiger partial charge in [-0.25, -0.2) is 0 Å². The van der Waals surface area contributed by atoms with Crippen LogP contribution in [0.5, 0.6) is 0 Å². The highest BCUT2D eigenvalue weighted by atomic mass is 16.5. The summed E-state index contributed by atoms with van der Waals surface area (Å²) in [6.07, 6.45) is 4.85. The van der Waals surface area contributed by atoms with Crippen molar-refractivity contribution in [1.82, 2.24) is 20.1 Å². The van der Waals surface area contributed by atoms with E-state index >= 15 is 0 Å². The lowest BCUT2D eigenvalue weighted by Crippen LogP contribution is -2.28. The van der Waals surface area contributed by atoms with Crippen molar-refractivity contribution in [2.45, 2.75) is 52.1 Å². The summed E-state index contributed by atoms with van der Waals surface area (Å²) >= 11 is 0. The van der Waals surface area contributed by atoms with Crippen molar-refractivity contribution < 1.29 is 4.74 Å². The number of rotatable bonds is 6. The van der Waals surface area contributed by atoms with Crippen LogP contribution in [-0.4, -0.2) is 35.0 Å². The zero-order valence-electron chi connectivity index (χ0n) is 12.4. The monoisotopic (exact) mass is 266 g/mol. The minimum atomic E-state index is 0.249. The van der Waals surface area contributed by atoms with Crippen molar-refractivity contribution in [2.24, 2.45) is 5.92 Å². The smallest absolute Gasteiger partial charge is 0.149 e. The zero-order valence-corrected chi connectivity index (χ0v) is 12.4. The van der Waals surface area contributed by atoms with Crippen LogP contribution < -0.4 is 5.32 Å². The Bertz CT molecular complexity index is 391. The minimum absolute atomic E-state index is 0.249. The summed E-state index contributed by atoms with van der Waals surface area (Å²) in [6.45, 7) is 7.15. The van der Waals surface area contributed by atoms with Crippen molar-refractivity contribution in [3.8, 4) is 0 Å². The lowest BCUT2D eigenvalue weighted by atomic mass is 10.2. The summed E-state index contributed by atoms with van der Waals surface area (Å²) < 4.78 is 7.47. The summed E-state index contributed by atoms with van der Waals surface area (Å²) in [7, 11) is 1.75. The van der Waals surface area contributed by atoms with Crippen LogP contribution in [0.3, 0.4) is 0 Å². The molecule has 1 N–H and O–H groups in total. The molecule has 0 radical (unpaired) electrons. The van der Waals surface area contributed by atoms with Crippen molar-refractivity contribution >= 4 is 0 Å². The van der Waals surface area contributed by atoms with Gasteiger partial charge in [0.15, 0.2) is 0 Å². The van der Waals surface area contributed by atoms with Gasteiger partial charge in [-0.1, -0.05) is 13.3 Å². The van der Waals surface area contributed by atoms with E-state index in [0.717, 1.165) is 37.8 Å². The molecule has 0 saturated heterocycles. The van der Waals surface area contributed by atoms with Crippen molar-refractivity contribution in [3.05, 3.63) is 11.6 Å². The summed E-state index contributed by atoms with van der Waals surface area (Å²) in [5.41, 5.74) is 0. The number of hydrogen-bond acceptors (Lipinski definition) is 4. The van der Waals surface area contributed by atoms with E-state index in [9.17, 15) is 0 Å². The van der Waals surface area contributed by atoms with Gasteiger partial charge in [0.25, 0.3) is 0 Å². The van der Waals surface area contributed by atoms with E-state index < -0.39 is 0 Å². The van der Waals surface area contributed by atoms with E-state index in [0.29, 0.717) is 5.92 Å². The zero-order chi connectivity index (χ0) is 13.7. The highest BCUT2D eigenvalue weighted by molar-refractivity contribution is 5.02. The van der Waals surface area contributed by atoms with Gasteiger partial charge in [-0.05, 0) is 25.7 Å². The third kappa shape index (κ3) is 3.76. The predicted octanol–water partition coefficient (Wildman–Crippen LogP) is 1.94. The van der Waals surface area contributed by atoms with Gasteiger partial charge in [-0.15, -0.1) is 10.2 Å². The van der Waals surface area contributed by atoms with Crippen LogP contribution in [0.4, 0.5) is 0 Å². The Morgan fingerprint density at radius 1 is 1.26 bits per heavy atom. The fourth-order valence-corrected chi connectivity index (χ4v) is 2.64. The van der Waals surface area contributed by atoms with Gasteiger partial charge in [0, 0.05) is 33.2 Å². The van der Waals surface area contributed by atoms with Crippen LogP contribution in [0.15, 0.2) is 0 Å². The van der Waals surface area contributed by atoms with Crippen LogP contribution in [0.2, 0.25) is 0 Å². The molecule has 5 nitrogen and oxygen atoms in total. The van der Waals surface area contributed by atoms with Crippen LogP contribution in [0, 0.1) is 5.92 Å². The molecule has 2 heterocycles. The number of nitrogens with one attached hydrogen (secondary N) is 1. The minimum Gasteiger partial charge on any atom is -0.384 e. The first-order valence-electron chi connectivity index (χ1n) is 7.36. The molecule has 0 saturated carbocycles. The first-order chi connectivity index (χ1) is 9.22. The normalized spacial score (nSPS) is 18.7. The molecule has 0 fully saturated rings. The Hall–Kier alpha value is -0.940. The standard InChI is InChI=1S/C14H26N4O/c1-11(10-19-3)9-15-12(2)14-17-16-13-7-5-4-6-8-18(13)14/h11-12,15H,4-10H2,1-3H3. The molecule has 5 heteroatoms. The number of aromatic nitrogens is 3. The lowest BCUT2D eigenvalue weighted by molar-refractivity contribution is 0.157. The maximum atomic E-state index is 5.16. The molecule has 2 rings (SSSR count). The summed E-state index contributed by atoms with van der Waals surface area (Å²) in [6, 6.07) is 0.249. The SMILES string of the molecule is COCC(C)CNC(C)c1nnc2n1CCCCC2. The van der Waals surface area contributed by atoms with Gasteiger partial charge in [-0.3, -0.25) is 0 Å². The number of nitrogens with zero attached hydrogens (tertiary/aromatic N) is 3. The largest absolute Gasteiger partial charge is 0.384 e. The highest BCUT2D eigenvalue weighted by Gasteiger charge is 2.19. The summed E-state index contributed by atoms with van der Waals surface area (Å²) in [5.74, 6) is 2.76. The van der Waals surface area contributed by atoms with Crippen LogP contribution in [0.1, 0.15) is 50.8 Å². The molecule has 108 valence electrons. The Kier molecular flexibility index (Phi) is 5.34. The third-order valence-corrected chi connectivity index (χ3v) is 3.75. The van der Waals surface area contributed by atoms with E-state index in [-0.39, 0.29) is 6.04 Å². The fourth-order valence-electron chi connectivity index (χ4n) is 2.64. The number of fused-ring (bicyclic) bond motifs is 1. The van der Waals surface area contributed by atoms with Gasteiger partial charge in [0.2, 0.25) is 0 Å². The van der Waals surface area contributed by atoms with E-state index in [2.05, 4.69) is 33.9 Å². The van der Waals surface area contributed by atoms with Crippen molar-refractivity contribution in [3.63, 3.8) is 0 Å². The van der Waals surface area contributed by atoms with Crippen molar-refractivity contribution in [1.29, 1.82) is 0 Å². The molecule has 0 aliphatic carbocycles. The van der Waals surface area contributed by atoms with E-state index in [1.165, 1.54) is 19.3 Å². The molecule has 2 unspecified atom stereocenters. The van der Waals surface area contributed by atoms with E-state index in [1.807, 2.05) is 0 Å². The third-order valence-electron chi connectivity index (χ3n) is 3.75. The second-order valence-corrected chi connectivity index (χ2v) is 5.63. The molecule has 1 aromatic rings. The first-order valence-corrected chi connectivity index (χ1v) is 7.36. The first kappa shape index (κ1) is 14.5. The quantitative estimate of drug-likeness (QED) is 0.855. The lowest BCUT2D eigenvalue weighted by Gasteiger charge is -2.18. The Morgan fingerprint density at radius 2 is 2.11 bits per heavy atom. The molecule has 0 spiro atoms. The Labute approximate surface area is 115 Å². The van der Waals surface area contributed by atoms with Crippen LogP contribution in [0.25, 0.3) is 0 Å². The average Bonchev–Trinajstić information content (AvgIpc) is 2.65. The van der Waals surface area contributed by atoms with Crippen molar-refractivity contribution in [2.75, 3.05) is 20.3 Å². The van der Waals surface area contributed by atoms with Gasteiger partial charge in [0.1, 0.15) is 11.6 Å². The molecule has 1 aromatic heterocycles. The molecule has 2 atom stereocenters. The number of hydrogen-bond donors (Lipinski definition) is 1. The second kappa shape index (κ2) is 7.01. The van der Waals surface area contributed by atoms with E-state index in [1.54, 1.807) is 7.11 Å². The van der Waals surface area contributed by atoms with Crippen LogP contribution in [-0.2, 0) is 17.7 Å². The topological polar surface area (TPSA) is 52.0 Å². The van der Waals surface area contributed by atoms with Gasteiger partial charge < -0.3 is 14.6 Å². The van der Waals surface area contributed by atoms with Crippen LogP contribution >= 0.6 is 0 Å². The molecule has 19 heavy (non-hydrogen) atoms. The highest BCUT2D eigenvalue weighted by Crippen LogP contribution is 2.18. The van der Waals surface area contributed by atoms with Gasteiger partial charge in [0.05, 0.1) is 6.04 Å². The summed E-state index contributed by atoms with van der Waals surface area (Å²) in [5, 5.41) is 12.3. The van der Waals surface area contributed by atoms with Gasteiger partial charge in [-0.2, -0.15) is 0 Å². The molecule has 0 aromatic carbocycles. The van der Waals surface area contributed by atoms with E-state index in [4.69, 9.17) is 4.74 Å². The number of aryl methyl sites for hydroxylation is 1. The second-order valence-electron chi connectivity index (χ2n) is 5.63. The predicted molar refractivity (Wildman–Crippen MR) is 75.0 cm³/mol. The molecular weight excluding hydrogens is 240 g/mol. The molecule has 0 amide bonds.